The molecule has 0 spiro atoms. The molecule has 1 heterocycles. The van der Waals surface area contributed by atoms with Crippen LogP contribution in [0, 0.1) is 5.82 Å². The van der Waals surface area contributed by atoms with Crippen molar-refractivity contribution in [2.24, 2.45) is 0 Å². The second-order valence-corrected chi connectivity index (χ2v) is 4.53. The van der Waals surface area contributed by atoms with E-state index in [2.05, 4.69) is 26.2 Å². The molecule has 0 unspecified atom stereocenters. The number of pyridine rings is 1. The molecule has 1 aromatic heterocycles. The third-order valence-electron chi connectivity index (χ3n) is 2.39. The minimum absolute atomic E-state index is 0.233. The van der Waals surface area contributed by atoms with Crippen LogP contribution < -0.4 is 10.1 Å². The number of rotatable bonds is 3. The standard InChI is InChI=1S/C13H10BrFN2O2/c1-19-12-5-3-9(7-16-12)17-13(18)8-2-4-10(14)11(15)6-8/h2-7H,1H3,(H,17,18). The Bertz CT molecular complexity index is 602. The summed E-state index contributed by atoms with van der Waals surface area (Å²) in [5.74, 6) is -0.438. The van der Waals surface area contributed by atoms with Crippen molar-refractivity contribution in [3.05, 3.63) is 52.4 Å². The smallest absolute Gasteiger partial charge is 0.255 e. The van der Waals surface area contributed by atoms with Crippen LogP contribution in [-0.2, 0) is 0 Å². The average Bonchev–Trinajstić information content (AvgIpc) is 2.42. The molecule has 0 bridgehead atoms. The number of methoxy groups -OCH3 is 1. The Labute approximate surface area is 117 Å². The number of hydrogen-bond donors (Lipinski definition) is 1. The summed E-state index contributed by atoms with van der Waals surface area (Å²) in [5.41, 5.74) is 0.741. The minimum atomic E-state index is -0.486. The van der Waals surface area contributed by atoms with Gasteiger partial charge >= 0.3 is 0 Å². The predicted molar refractivity (Wildman–Crippen MR) is 72.8 cm³/mol. The highest BCUT2D eigenvalue weighted by Crippen LogP contribution is 2.18. The molecule has 2 aromatic rings. The third-order valence-corrected chi connectivity index (χ3v) is 3.03. The fraction of sp³-hybridized carbons (Fsp3) is 0.0769. The van der Waals surface area contributed by atoms with Crippen molar-refractivity contribution in [3.8, 4) is 5.88 Å². The molecule has 0 fully saturated rings. The summed E-state index contributed by atoms with van der Waals surface area (Å²) in [6.45, 7) is 0. The van der Waals surface area contributed by atoms with Crippen LogP contribution in [0.1, 0.15) is 10.4 Å². The highest BCUT2D eigenvalue weighted by Gasteiger charge is 2.09. The van der Waals surface area contributed by atoms with E-state index in [1.165, 1.54) is 25.4 Å². The Balaban J connectivity index is 2.13. The first-order chi connectivity index (χ1) is 9.10. The Morgan fingerprint density at radius 2 is 2.16 bits per heavy atom. The van der Waals surface area contributed by atoms with E-state index in [4.69, 9.17) is 4.74 Å². The Kier molecular flexibility index (Phi) is 4.11. The van der Waals surface area contributed by atoms with Crippen LogP contribution >= 0.6 is 15.9 Å². The number of benzene rings is 1. The normalized spacial score (nSPS) is 10.1. The van der Waals surface area contributed by atoms with Crippen molar-refractivity contribution in [3.63, 3.8) is 0 Å². The van der Waals surface area contributed by atoms with E-state index in [-0.39, 0.29) is 5.56 Å². The van der Waals surface area contributed by atoms with Gasteiger partial charge in [-0.2, -0.15) is 0 Å². The monoisotopic (exact) mass is 324 g/mol. The Morgan fingerprint density at radius 1 is 1.37 bits per heavy atom. The predicted octanol–water partition coefficient (Wildman–Crippen LogP) is 3.24. The number of hydrogen-bond acceptors (Lipinski definition) is 3. The maximum absolute atomic E-state index is 13.3. The summed E-state index contributed by atoms with van der Waals surface area (Å²) in [5, 5.41) is 2.62. The van der Waals surface area contributed by atoms with Crippen LogP contribution in [0.25, 0.3) is 0 Å². The van der Waals surface area contributed by atoms with E-state index in [0.29, 0.717) is 16.0 Å². The summed E-state index contributed by atoms with van der Waals surface area (Å²) in [6, 6.07) is 7.45. The molecule has 0 aliphatic carbocycles. The Morgan fingerprint density at radius 3 is 2.74 bits per heavy atom. The number of ether oxygens (including phenoxy) is 1. The lowest BCUT2D eigenvalue weighted by molar-refractivity contribution is 0.102. The van der Waals surface area contributed by atoms with Crippen molar-refractivity contribution in [1.29, 1.82) is 0 Å². The van der Waals surface area contributed by atoms with Crippen LogP contribution in [0.15, 0.2) is 41.0 Å². The van der Waals surface area contributed by atoms with Gasteiger partial charge in [0.15, 0.2) is 0 Å². The molecule has 19 heavy (non-hydrogen) atoms. The fourth-order valence-electron chi connectivity index (χ4n) is 1.42. The first kappa shape index (κ1) is 13.5. The number of nitrogens with one attached hydrogen (secondary N) is 1. The van der Waals surface area contributed by atoms with Crippen molar-refractivity contribution >= 4 is 27.5 Å². The van der Waals surface area contributed by atoms with Gasteiger partial charge in [-0.05, 0) is 40.2 Å². The highest BCUT2D eigenvalue weighted by atomic mass is 79.9. The van der Waals surface area contributed by atoms with E-state index in [1.807, 2.05) is 0 Å². The summed E-state index contributed by atoms with van der Waals surface area (Å²) in [6.07, 6.45) is 1.46. The maximum atomic E-state index is 13.3. The molecular formula is C13H10BrFN2O2. The number of carbonyl (C=O) groups is 1. The SMILES string of the molecule is COc1ccc(NC(=O)c2ccc(Br)c(F)c2)cn1. The minimum Gasteiger partial charge on any atom is -0.481 e. The summed E-state index contributed by atoms with van der Waals surface area (Å²) >= 11 is 3.03. The second-order valence-electron chi connectivity index (χ2n) is 3.67. The molecule has 4 nitrogen and oxygen atoms in total. The summed E-state index contributed by atoms with van der Waals surface area (Å²) in [7, 11) is 1.51. The zero-order chi connectivity index (χ0) is 13.8. The average molecular weight is 325 g/mol. The molecule has 2 rings (SSSR count). The van der Waals surface area contributed by atoms with Crippen LogP contribution in [0.2, 0.25) is 0 Å². The zero-order valence-corrected chi connectivity index (χ0v) is 11.6. The molecule has 0 aliphatic rings. The number of anilines is 1. The molecular weight excluding hydrogens is 315 g/mol. The van der Waals surface area contributed by atoms with Gasteiger partial charge in [0.2, 0.25) is 5.88 Å². The lowest BCUT2D eigenvalue weighted by atomic mass is 10.2. The zero-order valence-electron chi connectivity index (χ0n) is 9.98. The van der Waals surface area contributed by atoms with E-state index in [9.17, 15) is 9.18 Å². The molecule has 0 atom stereocenters. The van der Waals surface area contributed by atoms with Crippen molar-refractivity contribution in [1.82, 2.24) is 4.98 Å². The van der Waals surface area contributed by atoms with Crippen molar-refractivity contribution in [2.45, 2.75) is 0 Å². The molecule has 0 saturated carbocycles. The van der Waals surface area contributed by atoms with Gasteiger partial charge in [-0.3, -0.25) is 4.79 Å². The second kappa shape index (κ2) is 5.79. The van der Waals surface area contributed by atoms with Gasteiger partial charge in [0, 0.05) is 11.6 Å². The van der Waals surface area contributed by atoms with Gasteiger partial charge in [-0.15, -0.1) is 0 Å². The van der Waals surface area contributed by atoms with Gasteiger partial charge in [0.05, 0.1) is 23.5 Å². The third kappa shape index (κ3) is 3.29. The van der Waals surface area contributed by atoms with Gasteiger partial charge in [-0.1, -0.05) is 0 Å². The summed E-state index contributed by atoms with van der Waals surface area (Å²) in [4.78, 5) is 15.8. The number of nitrogens with zero attached hydrogens (tertiary/aromatic N) is 1. The molecule has 1 aromatic carbocycles. The van der Waals surface area contributed by atoms with Gasteiger partial charge < -0.3 is 10.1 Å². The van der Waals surface area contributed by atoms with Gasteiger partial charge in [0.25, 0.3) is 5.91 Å². The molecule has 0 saturated heterocycles. The highest BCUT2D eigenvalue weighted by molar-refractivity contribution is 9.10. The topological polar surface area (TPSA) is 51.2 Å². The van der Waals surface area contributed by atoms with Gasteiger partial charge in [0.1, 0.15) is 5.82 Å². The van der Waals surface area contributed by atoms with Crippen LogP contribution in [0.4, 0.5) is 10.1 Å². The number of carbonyl (C=O) groups excluding carboxylic acids is 1. The van der Waals surface area contributed by atoms with Crippen molar-refractivity contribution in [2.75, 3.05) is 12.4 Å². The molecule has 1 amide bonds. The van der Waals surface area contributed by atoms with Crippen LogP contribution in [0.5, 0.6) is 5.88 Å². The largest absolute Gasteiger partial charge is 0.481 e. The number of aromatic nitrogens is 1. The first-order valence-corrected chi connectivity index (χ1v) is 6.16. The summed E-state index contributed by atoms with van der Waals surface area (Å²) < 4.78 is 18.5. The van der Waals surface area contributed by atoms with Crippen LogP contribution in [-0.4, -0.2) is 18.0 Å². The first-order valence-electron chi connectivity index (χ1n) is 5.36. The number of halogens is 2. The maximum Gasteiger partial charge on any atom is 0.255 e. The van der Waals surface area contributed by atoms with E-state index < -0.39 is 11.7 Å². The molecule has 0 aliphatic heterocycles. The van der Waals surface area contributed by atoms with Crippen molar-refractivity contribution < 1.29 is 13.9 Å². The molecule has 1 N–H and O–H groups in total. The van der Waals surface area contributed by atoms with E-state index >= 15 is 0 Å². The molecule has 98 valence electrons. The lowest BCUT2D eigenvalue weighted by Gasteiger charge is -2.06. The lowest BCUT2D eigenvalue weighted by Crippen LogP contribution is -2.12. The number of amides is 1. The van der Waals surface area contributed by atoms with Crippen LogP contribution in [0.3, 0.4) is 0 Å². The molecule has 0 radical (unpaired) electrons. The molecule has 6 heteroatoms. The van der Waals surface area contributed by atoms with E-state index in [0.717, 1.165) is 6.07 Å². The van der Waals surface area contributed by atoms with E-state index in [1.54, 1.807) is 12.1 Å². The fourth-order valence-corrected chi connectivity index (χ4v) is 1.66. The Hall–Kier alpha value is -1.95. The quantitative estimate of drug-likeness (QED) is 0.942. The van der Waals surface area contributed by atoms with Gasteiger partial charge in [-0.25, -0.2) is 9.37 Å².